The highest BCUT2D eigenvalue weighted by Crippen LogP contribution is 2.48. The smallest absolute Gasteiger partial charge is 0.347 e. The van der Waals surface area contributed by atoms with E-state index in [9.17, 15) is 64.8 Å². The van der Waals surface area contributed by atoms with Gasteiger partial charge in [-0.3, -0.25) is 9.59 Å². The molecule has 2 aromatic carbocycles. The fourth-order valence-electron chi connectivity index (χ4n) is 8.31. The number of likely N-dealkylation sites (N-methyl/N-ethyl adjacent to an activating group) is 1. The minimum Gasteiger partial charge on any atom is -0.450 e. The van der Waals surface area contributed by atoms with Crippen molar-refractivity contribution in [3.63, 3.8) is 0 Å². The second kappa shape index (κ2) is 30.7. The summed E-state index contributed by atoms with van der Waals surface area (Å²) in [6.07, 6.45) is -14.5. The highest BCUT2D eigenvalue weighted by Gasteiger charge is 2.52. The Hall–Kier alpha value is -6.83. The van der Waals surface area contributed by atoms with Gasteiger partial charge in [0.25, 0.3) is 24.2 Å². The Labute approximate surface area is 504 Å². The molecule has 1 amide bonds. The summed E-state index contributed by atoms with van der Waals surface area (Å²) in [5.41, 5.74) is 0.501. The number of rotatable bonds is 29. The minimum atomic E-state index is -4.68. The van der Waals surface area contributed by atoms with Gasteiger partial charge < -0.3 is 52.4 Å². The van der Waals surface area contributed by atoms with Gasteiger partial charge in [0.15, 0.2) is 71.1 Å². The van der Waals surface area contributed by atoms with Crippen molar-refractivity contribution < 1.29 is 112 Å². The van der Waals surface area contributed by atoms with Crippen LogP contribution in [0.4, 0.5) is 0 Å². The third kappa shape index (κ3) is 18.4. The number of sulfonamides is 1. The van der Waals surface area contributed by atoms with Crippen LogP contribution in [0.2, 0.25) is 5.04 Å². The van der Waals surface area contributed by atoms with Crippen LogP contribution >= 0.6 is 11.8 Å². The van der Waals surface area contributed by atoms with Crippen LogP contribution in [0.15, 0.2) is 80.8 Å². The van der Waals surface area contributed by atoms with Crippen molar-refractivity contribution >= 4 is 110 Å². The Kier molecular flexibility index (Phi) is 25.6. The molecule has 474 valence electrons. The van der Waals surface area contributed by atoms with Gasteiger partial charge in [0.2, 0.25) is 0 Å². The highest BCUT2D eigenvalue weighted by atomic mass is 32.3. The number of nitrogens with one attached hydrogen (secondary N) is 2. The molecule has 0 saturated heterocycles. The normalized spacial score (nSPS) is 19.3. The van der Waals surface area contributed by atoms with E-state index in [1.165, 1.54) is 33.8 Å². The number of carbonyl (C=O) groups is 10. The third-order valence-corrected chi connectivity index (χ3v) is 24.0. The second-order valence-electron chi connectivity index (χ2n) is 21.0. The zero-order valence-corrected chi connectivity index (χ0v) is 53.4. The van der Waals surface area contributed by atoms with E-state index in [4.69, 9.17) is 47.1 Å². The van der Waals surface area contributed by atoms with Crippen molar-refractivity contribution in [2.75, 3.05) is 13.2 Å². The number of esters is 8. The topological polar surface area (TPSA) is 355 Å². The maximum absolute atomic E-state index is 13.5. The first-order valence-electron chi connectivity index (χ1n) is 27.2. The molecule has 12 atom stereocenters. The van der Waals surface area contributed by atoms with Gasteiger partial charge in [-0.2, -0.15) is 0 Å². The molecule has 86 heavy (non-hydrogen) atoms. The average molecular weight is 1280 g/mol. The first-order chi connectivity index (χ1) is 40.0. The first kappa shape index (κ1) is 71.6. The van der Waals surface area contributed by atoms with Gasteiger partial charge in [0.05, 0.1) is 17.9 Å². The molecule has 0 aliphatic carbocycles. The molecule has 0 saturated carbocycles. The lowest BCUT2D eigenvalue weighted by Crippen LogP contribution is -2.68. The molecule has 4 rings (SSSR count). The Morgan fingerprint density at radius 3 is 1.36 bits per heavy atom. The third-order valence-electron chi connectivity index (χ3n) is 13.1. The number of ether oxygens (including phenoxy) is 9. The molecular formula is C56H74N2O24S3Si. The molecule has 0 radical (unpaired) electrons. The van der Waals surface area contributed by atoms with Gasteiger partial charge in [-0.05, 0) is 109 Å². The number of hydrogen-bond acceptors (Lipinski definition) is 26. The molecule has 2 N–H and O–H groups in total. The zero-order valence-electron chi connectivity index (χ0n) is 50.0. The number of hydrogen-bond donors (Lipinski definition) is 2. The van der Waals surface area contributed by atoms with E-state index < -0.39 is 170 Å². The lowest BCUT2D eigenvalue weighted by atomic mass is 10.0. The van der Waals surface area contributed by atoms with Gasteiger partial charge in [0, 0.05) is 0 Å². The summed E-state index contributed by atoms with van der Waals surface area (Å²) in [7, 11) is -11.7. The Morgan fingerprint density at radius 2 is 0.977 bits per heavy atom. The molecule has 0 bridgehead atoms. The molecule has 2 aliphatic rings. The Bertz CT molecular complexity index is 3090. The van der Waals surface area contributed by atoms with Crippen LogP contribution in [0.5, 0.6) is 0 Å². The molecule has 0 fully saturated rings. The lowest BCUT2D eigenvalue weighted by Gasteiger charge is -2.44. The Morgan fingerprint density at radius 1 is 0.605 bits per heavy atom. The van der Waals surface area contributed by atoms with Crippen LogP contribution in [-0.2, 0) is 115 Å². The standard InChI is InChI=1S/C56H74N2O24S3Si/c1-15-57-44-27-45(83-55-43(44)26-30(2)84(55,69)70)85(71,72)58-46(60)31(3)74-48(62)33(5)76-50(64)35(7)78-51(65)36(8)77-49(63)34(6)75-47(61)32(4)73-29-40(28-59)81-53(67)38(10)79-52(66)37(9)80-54(68)39(11)82-86(56(12,13)14,41-22-18-16-19-23-41)42-24-20-17-21-25-42/h16-25,27-28,30-40,44,57H,15,26,29H2,1-14H3,(H,58,60)/t30-,31-,32-,33-,34-,35-,36-,37-,38-,39-,40?,44-/m0/s1. The van der Waals surface area contributed by atoms with Gasteiger partial charge in [0.1, 0.15) is 14.6 Å². The fourth-order valence-corrected chi connectivity index (χ4v) is 18.1. The summed E-state index contributed by atoms with van der Waals surface area (Å²) < 4.78 is 106. The maximum Gasteiger partial charge on any atom is 0.347 e. The van der Waals surface area contributed by atoms with Crippen molar-refractivity contribution in [1.29, 1.82) is 0 Å². The molecule has 0 aromatic heterocycles. The van der Waals surface area contributed by atoms with Crippen molar-refractivity contribution in [1.82, 2.24) is 10.0 Å². The quantitative estimate of drug-likeness (QED) is 0.0511. The fraction of sp³-hybridized carbons (Fsp3) is 0.536. The lowest BCUT2D eigenvalue weighted by molar-refractivity contribution is -0.187. The number of sulfone groups is 1. The average Bonchev–Trinajstić information content (AvgIpc) is 1.28. The van der Waals surface area contributed by atoms with Gasteiger partial charge in [-0.15, -0.1) is 0 Å². The van der Waals surface area contributed by atoms with Crippen LogP contribution in [-0.4, -0.2) is 171 Å². The van der Waals surface area contributed by atoms with E-state index in [1.807, 2.05) is 81.4 Å². The van der Waals surface area contributed by atoms with E-state index >= 15 is 0 Å². The second-order valence-corrected chi connectivity index (χ2v) is 30.8. The van der Waals surface area contributed by atoms with Crippen LogP contribution in [0.3, 0.4) is 0 Å². The first-order valence-corrected chi connectivity index (χ1v) is 32.9. The van der Waals surface area contributed by atoms with Crippen molar-refractivity contribution in [3.05, 3.63) is 80.8 Å². The minimum absolute atomic E-state index is 0.129. The van der Waals surface area contributed by atoms with E-state index in [-0.39, 0.29) is 16.9 Å². The predicted molar refractivity (Wildman–Crippen MR) is 309 cm³/mol. The molecule has 2 aliphatic heterocycles. The van der Waals surface area contributed by atoms with Gasteiger partial charge in [-0.25, -0.2) is 59.9 Å². The molecule has 2 heterocycles. The number of benzene rings is 2. The van der Waals surface area contributed by atoms with Crippen LogP contribution in [0, 0.1) is 0 Å². The van der Waals surface area contributed by atoms with E-state index in [0.717, 1.165) is 51.9 Å². The summed E-state index contributed by atoms with van der Waals surface area (Å²) in [6, 6.07) is 18.3. The predicted octanol–water partition coefficient (Wildman–Crippen LogP) is 2.42. The van der Waals surface area contributed by atoms with E-state index in [1.54, 1.807) is 11.6 Å². The Balaban J connectivity index is 1.18. The number of thioether (sulfide) groups is 1. The van der Waals surface area contributed by atoms with Crippen LogP contribution < -0.4 is 20.4 Å². The van der Waals surface area contributed by atoms with Crippen LogP contribution in [0.25, 0.3) is 0 Å². The SMILES string of the molecule is CCN[C@H]1C=C(S(=O)(=O)NC(=O)[C@H](C)OC(=O)[C@H](C)OC(=O)[C@H](C)OC(=O)[C@H](C)OC(=O)[C@H](C)OC(=O)[C@H](C)OCC(C=O)OC(=O)[C@H](C)OC(=O)[C@H](C)OC(=O)[C@H](C)O[Si](c2ccccc2)(c2ccccc2)C(C)(C)C)SC2=C1C[C@H](C)S2(=O)=O. The molecular weight excluding hydrogens is 1210 g/mol. The summed E-state index contributed by atoms with van der Waals surface area (Å²) in [4.78, 5) is 128. The molecule has 1 unspecified atom stereocenters. The van der Waals surface area contributed by atoms with Crippen molar-refractivity contribution in [3.8, 4) is 0 Å². The summed E-state index contributed by atoms with van der Waals surface area (Å²) in [5.74, 6) is -10.9. The number of aldehydes is 1. The largest absolute Gasteiger partial charge is 0.450 e. The molecule has 26 nitrogen and oxygen atoms in total. The number of amides is 1. The van der Waals surface area contributed by atoms with E-state index in [0.29, 0.717) is 23.9 Å². The van der Waals surface area contributed by atoms with Gasteiger partial charge in [-0.1, -0.05) is 100 Å². The van der Waals surface area contributed by atoms with Crippen molar-refractivity contribution in [2.24, 2.45) is 0 Å². The number of carbonyl (C=O) groups excluding carboxylic acids is 10. The monoisotopic (exact) mass is 1280 g/mol. The van der Waals surface area contributed by atoms with Gasteiger partial charge >= 0.3 is 47.8 Å². The zero-order chi connectivity index (χ0) is 64.8. The van der Waals surface area contributed by atoms with Crippen LogP contribution in [0.1, 0.15) is 103 Å². The molecule has 2 aromatic rings. The molecule has 30 heteroatoms. The molecule has 0 spiro atoms. The summed E-state index contributed by atoms with van der Waals surface area (Å²) in [6.45, 7) is 19.2. The maximum atomic E-state index is 13.5. The van der Waals surface area contributed by atoms with E-state index in [2.05, 4.69) is 5.32 Å². The summed E-state index contributed by atoms with van der Waals surface area (Å²) in [5, 5.41) is 3.56. The summed E-state index contributed by atoms with van der Waals surface area (Å²) >= 11 is 0.477. The highest BCUT2D eigenvalue weighted by molar-refractivity contribution is 8.28. The van der Waals surface area contributed by atoms with Crippen molar-refractivity contribution in [2.45, 2.75) is 181 Å².